The number of amides is 1. The predicted octanol–water partition coefficient (Wildman–Crippen LogP) is 3.18. The van der Waals surface area contributed by atoms with Crippen molar-refractivity contribution in [1.82, 2.24) is 15.6 Å². The molecule has 0 saturated heterocycles. The molecule has 0 bridgehead atoms. The molecular formula is C17H27N3O2. The van der Waals surface area contributed by atoms with Gasteiger partial charge in [0.2, 0.25) is 0 Å². The van der Waals surface area contributed by atoms with Crippen molar-refractivity contribution in [1.29, 1.82) is 0 Å². The van der Waals surface area contributed by atoms with Gasteiger partial charge < -0.3 is 15.4 Å². The molecule has 1 fully saturated rings. The highest BCUT2D eigenvalue weighted by Gasteiger charge is 2.28. The van der Waals surface area contributed by atoms with E-state index in [2.05, 4.69) is 22.5 Å². The van der Waals surface area contributed by atoms with Gasteiger partial charge in [0.25, 0.3) is 0 Å². The fourth-order valence-corrected chi connectivity index (χ4v) is 2.81. The maximum Gasteiger partial charge on any atom is 0.407 e. The Bertz CT molecular complexity index is 484. The zero-order chi connectivity index (χ0) is 16.2. The molecule has 1 aromatic rings. The first-order chi connectivity index (χ1) is 10.3. The van der Waals surface area contributed by atoms with Gasteiger partial charge in [0.1, 0.15) is 5.60 Å². The van der Waals surface area contributed by atoms with Gasteiger partial charge in [0.15, 0.2) is 0 Å². The minimum absolute atomic E-state index is 0.184. The number of aromatic nitrogens is 1. The van der Waals surface area contributed by atoms with Gasteiger partial charge in [-0.1, -0.05) is 6.07 Å². The van der Waals surface area contributed by atoms with Crippen LogP contribution in [-0.4, -0.2) is 28.8 Å². The van der Waals surface area contributed by atoms with E-state index < -0.39 is 5.60 Å². The fraction of sp³-hybridized carbons (Fsp3) is 0.647. The number of hydrogen-bond donors (Lipinski definition) is 2. The summed E-state index contributed by atoms with van der Waals surface area (Å²) in [5, 5.41) is 6.55. The van der Waals surface area contributed by atoms with E-state index in [1.807, 2.05) is 45.2 Å². The van der Waals surface area contributed by atoms with Crippen molar-refractivity contribution in [2.75, 3.05) is 0 Å². The predicted molar refractivity (Wildman–Crippen MR) is 86.6 cm³/mol. The zero-order valence-corrected chi connectivity index (χ0v) is 13.9. The molecule has 5 nitrogen and oxygen atoms in total. The van der Waals surface area contributed by atoms with E-state index in [4.69, 9.17) is 4.74 Å². The lowest BCUT2D eigenvalue weighted by atomic mass is 10.1. The van der Waals surface area contributed by atoms with E-state index in [1.165, 1.54) is 0 Å². The lowest BCUT2D eigenvalue weighted by Crippen LogP contribution is -2.39. The van der Waals surface area contributed by atoms with Crippen LogP contribution in [0.4, 0.5) is 4.79 Å². The minimum atomic E-state index is -0.451. The van der Waals surface area contributed by atoms with Crippen molar-refractivity contribution in [2.24, 2.45) is 0 Å². The van der Waals surface area contributed by atoms with Gasteiger partial charge >= 0.3 is 6.09 Å². The summed E-state index contributed by atoms with van der Waals surface area (Å²) in [6.45, 7) is 7.75. The van der Waals surface area contributed by atoms with E-state index in [0.29, 0.717) is 6.04 Å². The fourth-order valence-electron chi connectivity index (χ4n) is 2.81. The number of nitrogens with zero attached hydrogens (tertiary/aromatic N) is 1. The number of carbonyl (C=O) groups excluding carboxylic acids is 1. The van der Waals surface area contributed by atoms with Crippen molar-refractivity contribution >= 4 is 6.09 Å². The quantitative estimate of drug-likeness (QED) is 0.897. The molecule has 3 atom stereocenters. The van der Waals surface area contributed by atoms with Crippen molar-refractivity contribution < 1.29 is 9.53 Å². The Labute approximate surface area is 132 Å². The van der Waals surface area contributed by atoms with Gasteiger partial charge in [-0.3, -0.25) is 4.98 Å². The lowest BCUT2D eigenvalue weighted by Gasteiger charge is -2.22. The molecule has 2 N–H and O–H groups in total. The number of pyridine rings is 1. The summed E-state index contributed by atoms with van der Waals surface area (Å²) in [5.41, 5.74) is 0.597. The first-order valence-electron chi connectivity index (χ1n) is 8.00. The summed E-state index contributed by atoms with van der Waals surface area (Å²) in [7, 11) is 0. The lowest BCUT2D eigenvalue weighted by molar-refractivity contribution is 0.0505. The van der Waals surface area contributed by atoms with E-state index >= 15 is 0 Å². The molecular weight excluding hydrogens is 278 g/mol. The van der Waals surface area contributed by atoms with Gasteiger partial charge in [-0.15, -0.1) is 0 Å². The Hall–Kier alpha value is -1.62. The third-order valence-electron chi connectivity index (χ3n) is 3.77. The van der Waals surface area contributed by atoms with Gasteiger partial charge in [0.05, 0.1) is 5.69 Å². The molecule has 22 heavy (non-hydrogen) atoms. The molecule has 1 amide bonds. The molecule has 1 aromatic heterocycles. The summed E-state index contributed by atoms with van der Waals surface area (Å²) in [6.07, 6.45) is 4.45. The highest BCUT2D eigenvalue weighted by Crippen LogP contribution is 2.22. The molecule has 122 valence electrons. The maximum absolute atomic E-state index is 11.8. The first-order valence-corrected chi connectivity index (χ1v) is 8.00. The Morgan fingerprint density at radius 2 is 2.05 bits per heavy atom. The SMILES string of the molecule is C[C@@H](NC1CCC(NC(=O)OC(C)(C)C)C1)c1ccccn1. The van der Waals surface area contributed by atoms with Crippen molar-refractivity contribution in [3.63, 3.8) is 0 Å². The van der Waals surface area contributed by atoms with Gasteiger partial charge in [-0.25, -0.2) is 4.79 Å². The summed E-state index contributed by atoms with van der Waals surface area (Å²) in [6, 6.07) is 6.75. The van der Waals surface area contributed by atoms with Crippen LogP contribution < -0.4 is 10.6 Å². The third-order valence-corrected chi connectivity index (χ3v) is 3.77. The van der Waals surface area contributed by atoms with Crippen molar-refractivity contribution in [3.05, 3.63) is 30.1 Å². The number of ether oxygens (including phenoxy) is 1. The maximum atomic E-state index is 11.8. The third kappa shape index (κ3) is 5.30. The summed E-state index contributed by atoms with van der Waals surface area (Å²) >= 11 is 0. The second kappa shape index (κ2) is 7.09. The van der Waals surface area contributed by atoms with E-state index in [1.54, 1.807) is 0 Å². The topological polar surface area (TPSA) is 63.2 Å². The first kappa shape index (κ1) is 16.7. The number of nitrogens with one attached hydrogen (secondary N) is 2. The van der Waals surface area contributed by atoms with Crippen LogP contribution in [0.1, 0.15) is 58.7 Å². The van der Waals surface area contributed by atoms with E-state index in [0.717, 1.165) is 25.0 Å². The van der Waals surface area contributed by atoms with Crippen LogP contribution in [0.15, 0.2) is 24.4 Å². The molecule has 2 rings (SSSR count). The molecule has 0 aliphatic heterocycles. The monoisotopic (exact) mass is 305 g/mol. The smallest absolute Gasteiger partial charge is 0.407 e. The van der Waals surface area contributed by atoms with Gasteiger partial charge in [-0.2, -0.15) is 0 Å². The van der Waals surface area contributed by atoms with Crippen molar-refractivity contribution in [3.8, 4) is 0 Å². The number of alkyl carbamates (subject to hydrolysis) is 1. The van der Waals surface area contributed by atoms with Crippen LogP contribution in [-0.2, 0) is 4.74 Å². The van der Waals surface area contributed by atoms with Crippen LogP contribution in [0.25, 0.3) is 0 Å². The summed E-state index contributed by atoms with van der Waals surface area (Å²) in [4.78, 5) is 16.2. The largest absolute Gasteiger partial charge is 0.444 e. The average Bonchev–Trinajstić information content (AvgIpc) is 2.84. The standard InChI is InChI=1S/C17H27N3O2/c1-12(15-7-5-6-10-18-15)19-13-8-9-14(11-13)20-16(21)22-17(2,3)4/h5-7,10,12-14,19H,8-9,11H2,1-4H3,(H,20,21)/t12-,13?,14?/m1/s1. The molecule has 1 heterocycles. The van der Waals surface area contributed by atoms with E-state index in [9.17, 15) is 4.79 Å². The van der Waals surface area contributed by atoms with Crippen molar-refractivity contribution in [2.45, 2.75) is 70.7 Å². The van der Waals surface area contributed by atoms with E-state index in [-0.39, 0.29) is 18.2 Å². The van der Waals surface area contributed by atoms with Crippen LogP contribution in [0.2, 0.25) is 0 Å². The summed E-state index contributed by atoms with van der Waals surface area (Å²) < 4.78 is 5.30. The zero-order valence-electron chi connectivity index (χ0n) is 13.9. The Balaban J connectivity index is 1.77. The molecule has 5 heteroatoms. The number of carbonyl (C=O) groups is 1. The van der Waals surface area contributed by atoms with Crippen LogP contribution in [0.5, 0.6) is 0 Å². The molecule has 0 spiro atoms. The Morgan fingerprint density at radius 3 is 2.68 bits per heavy atom. The molecule has 1 saturated carbocycles. The Morgan fingerprint density at radius 1 is 1.32 bits per heavy atom. The van der Waals surface area contributed by atoms with Gasteiger partial charge in [-0.05, 0) is 59.1 Å². The highest BCUT2D eigenvalue weighted by molar-refractivity contribution is 5.68. The second-order valence-electron chi connectivity index (χ2n) is 7.00. The summed E-state index contributed by atoms with van der Waals surface area (Å²) in [5.74, 6) is 0. The molecule has 1 aliphatic rings. The second-order valence-corrected chi connectivity index (χ2v) is 7.00. The highest BCUT2D eigenvalue weighted by atomic mass is 16.6. The molecule has 0 aromatic carbocycles. The van der Waals surface area contributed by atoms with Crippen LogP contribution in [0.3, 0.4) is 0 Å². The minimum Gasteiger partial charge on any atom is -0.444 e. The molecule has 2 unspecified atom stereocenters. The molecule has 1 aliphatic carbocycles. The normalized spacial score (nSPS) is 23.1. The molecule has 0 radical (unpaired) electrons. The average molecular weight is 305 g/mol. The number of rotatable bonds is 4. The van der Waals surface area contributed by atoms with Crippen LogP contribution >= 0.6 is 0 Å². The van der Waals surface area contributed by atoms with Crippen LogP contribution in [0, 0.1) is 0 Å². The Kier molecular flexibility index (Phi) is 5.40. The number of hydrogen-bond acceptors (Lipinski definition) is 4. The van der Waals surface area contributed by atoms with Gasteiger partial charge in [0, 0.05) is 24.3 Å².